The van der Waals surface area contributed by atoms with Gasteiger partial charge in [-0.2, -0.15) is 9.97 Å². The molecule has 0 amide bonds. The fraction of sp³-hybridized carbons (Fsp3) is 0. The zero-order valence-electron chi connectivity index (χ0n) is 12.6. The number of anilines is 4. The molecule has 0 unspecified atom stereocenters. The van der Waals surface area contributed by atoms with E-state index in [0.717, 1.165) is 20.9 Å². The molecule has 5 N–H and O–H groups in total. The van der Waals surface area contributed by atoms with Crippen molar-refractivity contribution in [3.63, 3.8) is 0 Å². The van der Waals surface area contributed by atoms with Gasteiger partial charge >= 0.3 is 0 Å². The summed E-state index contributed by atoms with van der Waals surface area (Å²) in [5.74, 6) is 0.973. The van der Waals surface area contributed by atoms with E-state index in [2.05, 4.69) is 20.3 Å². The number of rotatable bonds is 3. The van der Waals surface area contributed by atoms with Gasteiger partial charge in [-0.25, -0.2) is 4.98 Å². The van der Waals surface area contributed by atoms with Crippen LogP contribution in [0, 0.1) is 0 Å². The van der Waals surface area contributed by atoms with Crippen LogP contribution >= 0.6 is 11.3 Å². The Morgan fingerprint density at radius 3 is 2.38 bits per heavy atom. The number of nitrogen functional groups attached to an aromatic ring is 2. The van der Waals surface area contributed by atoms with Crippen LogP contribution in [-0.2, 0) is 0 Å². The van der Waals surface area contributed by atoms with Gasteiger partial charge in [-0.1, -0.05) is 30.3 Å². The van der Waals surface area contributed by atoms with Crippen LogP contribution < -0.4 is 16.8 Å². The molecular weight excluding hydrogens is 320 g/mol. The maximum absolute atomic E-state index is 6.13. The van der Waals surface area contributed by atoms with Crippen LogP contribution in [0.15, 0.2) is 54.6 Å². The summed E-state index contributed by atoms with van der Waals surface area (Å²) in [4.78, 5) is 13.1. The Balaban J connectivity index is 1.87. The van der Waals surface area contributed by atoms with Crippen molar-refractivity contribution in [3.05, 3.63) is 54.6 Å². The monoisotopic (exact) mass is 334 g/mol. The second-order valence-electron chi connectivity index (χ2n) is 5.17. The van der Waals surface area contributed by atoms with Crippen molar-refractivity contribution >= 4 is 44.8 Å². The first-order valence-corrected chi connectivity index (χ1v) is 8.13. The molecule has 6 nitrogen and oxygen atoms in total. The summed E-state index contributed by atoms with van der Waals surface area (Å²) in [6.45, 7) is 0. The van der Waals surface area contributed by atoms with Crippen molar-refractivity contribution < 1.29 is 0 Å². The number of hydrogen-bond donors (Lipinski definition) is 3. The van der Waals surface area contributed by atoms with Crippen molar-refractivity contribution in [1.29, 1.82) is 0 Å². The molecular formula is C17H14N6S. The Kier molecular flexibility index (Phi) is 3.47. The predicted octanol–water partition coefficient (Wildman–Crippen LogP) is 3.66. The number of nitrogens with one attached hydrogen (secondary N) is 1. The maximum atomic E-state index is 6.13. The third-order valence-electron chi connectivity index (χ3n) is 3.50. The molecule has 4 aromatic rings. The van der Waals surface area contributed by atoms with Crippen LogP contribution in [0.1, 0.15) is 0 Å². The summed E-state index contributed by atoms with van der Waals surface area (Å²) >= 11 is 1.54. The number of fused-ring (bicyclic) bond motifs is 1. The second kappa shape index (κ2) is 5.78. The third kappa shape index (κ3) is 2.61. The van der Waals surface area contributed by atoms with Crippen LogP contribution in [0.2, 0.25) is 0 Å². The SMILES string of the molecule is Nc1nc(N)c(-c2nc3ccccc3s2)c(Nc2ccccc2)n1. The van der Waals surface area contributed by atoms with Crippen LogP contribution in [0.4, 0.5) is 23.3 Å². The summed E-state index contributed by atoms with van der Waals surface area (Å²) in [6.07, 6.45) is 0. The van der Waals surface area contributed by atoms with Crippen LogP contribution in [-0.4, -0.2) is 15.0 Å². The molecule has 0 aliphatic rings. The van der Waals surface area contributed by atoms with Crippen molar-refractivity contribution in [3.8, 4) is 10.6 Å². The summed E-state index contributed by atoms with van der Waals surface area (Å²) in [6, 6.07) is 17.6. The van der Waals surface area contributed by atoms with Gasteiger partial charge in [-0.15, -0.1) is 11.3 Å². The number of aromatic nitrogens is 3. The van der Waals surface area contributed by atoms with Gasteiger partial charge in [0.25, 0.3) is 0 Å². The average molecular weight is 334 g/mol. The molecule has 2 heterocycles. The lowest BCUT2D eigenvalue weighted by molar-refractivity contribution is 1.19. The smallest absolute Gasteiger partial charge is 0.223 e. The molecule has 0 aliphatic heterocycles. The molecule has 0 radical (unpaired) electrons. The van der Waals surface area contributed by atoms with E-state index in [0.29, 0.717) is 17.2 Å². The van der Waals surface area contributed by atoms with Gasteiger partial charge in [-0.3, -0.25) is 0 Å². The molecule has 118 valence electrons. The van der Waals surface area contributed by atoms with Gasteiger partial charge < -0.3 is 16.8 Å². The summed E-state index contributed by atoms with van der Waals surface area (Å²) in [7, 11) is 0. The Labute approximate surface area is 142 Å². The normalized spacial score (nSPS) is 10.8. The number of nitrogens with two attached hydrogens (primary N) is 2. The van der Waals surface area contributed by atoms with Crippen molar-refractivity contribution in [2.45, 2.75) is 0 Å². The highest BCUT2D eigenvalue weighted by Crippen LogP contribution is 2.38. The van der Waals surface area contributed by atoms with Crippen LogP contribution in [0.5, 0.6) is 0 Å². The Morgan fingerprint density at radius 1 is 0.833 bits per heavy atom. The lowest BCUT2D eigenvalue weighted by atomic mass is 10.2. The van der Waals surface area contributed by atoms with Gasteiger partial charge in [0.05, 0.1) is 15.8 Å². The highest BCUT2D eigenvalue weighted by atomic mass is 32.1. The van der Waals surface area contributed by atoms with E-state index >= 15 is 0 Å². The van der Waals surface area contributed by atoms with E-state index in [1.807, 2.05) is 54.6 Å². The lowest BCUT2D eigenvalue weighted by Gasteiger charge is -2.11. The van der Waals surface area contributed by atoms with Crippen molar-refractivity contribution in [2.24, 2.45) is 0 Å². The number of benzene rings is 2. The summed E-state index contributed by atoms with van der Waals surface area (Å²) < 4.78 is 1.08. The first-order chi connectivity index (χ1) is 11.7. The highest BCUT2D eigenvalue weighted by molar-refractivity contribution is 7.21. The molecule has 0 saturated heterocycles. The summed E-state index contributed by atoms with van der Waals surface area (Å²) in [5.41, 5.74) is 14.4. The Hall–Kier alpha value is -3.19. The number of thiazole rings is 1. The third-order valence-corrected chi connectivity index (χ3v) is 4.55. The molecule has 0 fully saturated rings. The second-order valence-corrected chi connectivity index (χ2v) is 6.20. The minimum absolute atomic E-state index is 0.121. The Bertz CT molecular complexity index is 979. The van der Waals surface area contributed by atoms with Gasteiger partial charge in [0, 0.05) is 5.69 Å². The molecule has 7 heteroatoms. The van der Waals surface area contributed by atoms with Crippen LogP contribution in [0.3, 0.4) is 0 Å². The van der Waals surface area contributed by atoms with Crippen molar-refractivity contribution in [1.82, 2.24) is 15.0 Å². The number of nitrogens with zero attached hydrogens (tertiary/aromatic N) is 3. The topological polar surface area (TPSA) is 103 Å². The zero-order valence-corrected chi connectivity index (χ0v) is 13.4. The minimum atomic E-state index is 0.121. The van der Waals surface area contributed by atoms with E-state index < -0.39 is 0 Å². The average Bonchev–Trinajstić information content (AvgIpc) is 2.98. The fourth-order valence-corrected chi connectivity index (χ4v) is 3.46. The molecule has 2 aromatic carbocycles. The minimum Gasteiger partial charge on any atom is -0.383 e. The molecule has 0 spiro atoms. The molecule has 0 bridgehead atoms. The predicted molar refractivity (Wildman–Crippen MR) is 99.2 cm³/mol. The zero-order chi connectivity index (χ0) is 16.5. The van der Waals surface area contributed by atoms with E-state index in [9.17, 15) is 0 Å². The molecule has 24 heavy (non-hydrogen) atoms. The van der Waals surface area contributed by atoms with E-state index in [1.165, 1.54) is 0 Å². The fourth-order valence-electron chi connectivity index (χ4n) is 2.43. The first kappa shape index (κ1) is 14.4. The van der Waals surface area contributed by atoms with E-state index in [-0.39, 0.29) is 5.95 Å². The quantitative estimate of drug-likeness (QED) is 0.528. The lowest BCUT2D eigenvalue weighted by Crippen LogP contribution is -2.06. The van der Waals surface area contributed by atoms with E-state index in [1.54, 1.807) is 11.3 Å². The number of hydrogen-bond acceptors (Lipinski definition) is 7. The highest BCUT2D eigenvalue weighted by Gasteiger charge is 2.17. The molecule has 2 aromatic heterocycles. The van der Waals surface area contributed by atoms with Crippen molar-refractivity contribution in [2.75, 3.05) is 16.8 Å². The van der Waals surface area contributed by atoms with Gasteiger partial charge in [0.15, 0.2) is 0 Å². The molecule has 0 aliphatic carbocycles. The Morgan fingerprint density at radius 2 is 1.58 bits per heavy atom. The molecule has 4 rings (SSSR count). The molecule has 0 atom stereocenters. The standard InChI is InChI=1S/C17H14N6S/c18-14-13(16-21-11-8-4-5-9-12(11)24-16)15(23-17(19)22-14)20-10-6-2-1-3-7-10/h1-9H,(H5,18,19,20,22,23). The van der Waals surface area contributed by atoms with E-state index in [4.69, 9.17) is 11.5 Å². The van der Waals surface area contributed by atoms with Gasteiger partial charge in [0.2, 0.25) is 5.95 Å². The van der Waals surface area contributed by atoms with Gasteiger partial charge in [-0.05, 0) is 24.3 Å². The summed E-state index contributed by atoms with van der Waals surface area (Å²) in [5, 5.41) is 4.01. The number of para-hydroxylation sites is 2. The first-order valence-electron chi connectivity index (χ1n) is 7.32. The largest absolute Gasteiger partial charge is 0.383 e. The van der Waals surface area contributed by atoms with Gasteiger partial charge in [0.1, 0.15) is 16.6 Å². The maximum Gasteiger partial charge on any atom is 0.223 e. The molecule has 0 saturated carbocycles. The van der Waals surface area contributed by atoms with Crippen LogP contribution in [0.25, 0.3) is 20.8 Å².